The summed E-state index contributed by atoms with van der Waals surface area (Å²) in [5.74, 6) is 0.0593. The molecule has 0 aromatic carbocycles. The van der Waals surface area contributed by atoms with Crippen molar-refractivity contribution in [1.29, 1.82) is 0 Å². The van der Waals surface area contributed by atoms with E-state index >= 15 is 0 Å². The number of rotatable bonds is 3. The van der Waals surface area contributed by atoms with E-state index in [2.05, 4.69) is 19.0 Å². The van der Waals surface area contributed by atoms with Gasteiger partial charge in [-0.15, -0.1) is 11.3 Å². The molecule has 1 aliphatic rings. The first-order valence-electron chi connectivity index (χ1n) is 6.34. The van der Waals surface area contributed by atoms with Crippen molar-refractivity contribution in [3.63, 3.8) is 0 Å². The minimum absolute atomic E-state index is 0.0593. The van der Waals surface area contributed by atoms with Crippen LogP contribution in [0.5, 0.6) is 0 Å². The maximum Gasteiger partial charge on any atom is 0.244 e. The summed E-state index contributed by atoms with van der Waals surface area (Å²) < 4.78 is 0. The van der Waals surface area contributed by atoms with E-state index in [1.54, 1.807) is 11.3 Å². The van der Waals surface area contributed by atoms with Crippen LogP contribution in [-0.2, 0) is 4.79 Å². The van der Waals surface area contributed by atoms with Crippen molar-refractivity contribution in [2.75, 3.05) is 27.2 Å². The molecule has 2 heterocycles. The predicted octanol–water partition coefficient (Wildman–Crippen LogP) is 1.30. The van der Waals surface area contributed by atoms with Crippen molar-refractivity contribution in [2.45, 2.75) is 24.9 Å². The smallest absolute Gasteiger partial charge is 0.244 e. The first-order chi connectivity index (χ1) is 8.59. The van der Waals surface area contributed by atoms with Crippen molar-refractivity contribution in [2.24, 2.45) is 5.73 Å². The molecule has 0 radical (unpaired) electrons. The summed E-state index contributed by atoms with van der Waals surface area (Å²) in [4.78, 5) is 17.4. The standard InChI is InChI=1S/C13H21N3OS/c1-15(2)10-5-3-7-16(9-10)13(17)12(14)11-6-4-8-18-11/h4,6,8,10,12H,3,5,7,9,14H2,1-2H3. The molecule has 1 amide bonds. The van der Waals surface area contributed by atoms with Crippen LogP contribution in [0.15, 0.2) is 17.5 Å². The van der Waals surface area contributed by atoms with Crippen molar-refractivity contribution in [1.82, 2.24) is 9.80 Å². The van der Waals surface area contributed by atoms with Crippen LogP contribution in [0.2, 0.25) is 0 Å². The van der Waals surface area contributed by atoms with Gasteiger partial charge in [-0.05, 0) is 38.4 Å². The number of thiophene rings is 1. The number of likely N-dealkylation sites (N-methyl/N-ethyl adjacent to an activating group) is 1. The lowest BCUT2D eigenvalue weighted by Crippen LogP contribution is -2.49. The summed E-state index contributed by atoms with van der Waals surface area (Å²) in [5.41, 5.74) is 6.04. The van der Waals surface area contributed by atoms with Crippen LogP contribution in [-0.4, -0.2) is 48.9 Å². The molecule has 0 spiro atoms. The second-order valence-electron chi connectivity index (χ2n) is 5.04. The van der Waals surface area contributed by atoms with E-state index < -0.39 is 6.04 Å². The summed E-state index contributed by atoms with van der Waals surface area (Å²) in [6.45, 7) is 1.63. The lowest BCUT2D eigenvalue weighted by atomic mass is 10.0. The van der Waals surface area contributed by atoms with Crippen LogP contribution in [0.4, 0.5) is 0 Å². The first-order valence-corrected chi connectivity index (χ1v) is 7.21. The number of nitrogens with zero attached hydrogens (tertiary/aromatic N) is 2. The Morgan fingerprint density at radius 2 is 2.39 bits per heavy atom. The molecule has 5 heteroatoms. The zero-order valence-electron chi connectivity index (χ0n) is 11.0. The van der Waals surface area contributed by atoms with Gasteiger partial charge in [0, 0.05) is 24.0 Å². The Morgan fingerprint density at radius 3 is 3.00 bits per heavy atom. The Morgan fingerprint density at radius 1 is 1.61 bits per heavy atom. The number of carbonyl (C=O) groups excluding carboxylic acids is 1. The van der Waals surface area contributed by atoms with Crippen molar-refractivity contribution >= 4 is 17.2 Å². The molecule has 0 saturated carbocycles. The lowest BCUT2D eigenvalue weighted by molar-refractivity contribution is -0.134. The van der Waals surface area contributed by atoms with E-state index in [-0.39, 0.29) is 5.91 Å². The molecule has 0 aliphatic carbocycles. The SMILES string of the molecule is CN(C)C1CCCN(C(=O)C(N)c2cccs2)C1. The number of hydrogen-bond acceptors (Lipinski definition) is 4. The van der Waals surface area contributed by atoms with Crippen LogP contribution in [0.3, 0.4) is 0 Å². The summed E-state index contributed by atoms with van der Waals surface area (Å²) >= 11 is 1.55. The van der Waals surface area contributed by atoms with Gasteiger partial charge in [-0.2, -0.15) is 0 Å². The van der Waals surface area contributed by atoms with E-state index in [1.165, 1.54) is 0 Å². The molecular weight excluding hydrogens is 246 g/mol. The van der Waals surface area contributed by atoms with E-state index in [9.17, 15) is 4.79 Å². The van der Waals surface area contributed by atoms with E-state index in [4.69, 9.17) is 5.73 Å². The molecule has 1 saturated heterocycles. The lowest BCUT2D eigenvalue weighted by Gasteiger charge is -2.37. The fraction of sp³-hybridized carbons (Fsp3) is 0.615. The highest BCUT2D eigenvalue weighted by atomic mass is 32.1. The molecule has 1 aliphatic heterocycles. The topological polar surface area (TPSA) is 49.6 Å². The molecule has 2 rings (SSSR count). The number of amides is 1. The van der Waals surface area contributed by atoms with Gasteiger partial charge in [0.05, 0.1) is 0 Å². The molecule has 1 aromatic rings. The summed E-state index contributed by atoms with van der Waals surface area (Å²) in [7, 11) is 4.13. The fourth-order valence-corrected chi connectivity index (χ4v) is 3.08. The Bertz CT molecular complexity index is 391. The van der Waals surface area contributed by atoms with Gasteiger partial charge in [0.1, 0.15) is 6.04 Å². The number of hydrogen-bond donors (Lipinski definition) is 1. The molecular formula is C13H21N3OS. The van der Waals surface area contributed by atoms with Crippen LogP contribution in [0.1, 0.15) is 23.8 Å². The minimum Gasteiger partial charge on any atom is -0.339 e. The largest absolute Gasteiger partial charge is 0.339 e. The van der Waals surface area contributed by atoms with E-state index in [1.807, 2.05) is 22.4 Å². The van der Waals surface area contributed by atoms with Crippen LogP contribution >= 0.6 is 11.3 Å². The van der Waals surface area contributed by atoms with Crippen LogP contribution in [0.25, 0.3) is 0 Å². The molecule has 1 aromatic heterocycles. The molecule has 18 heavy (non-hydrogen) atoms. The molecule has 0 bridgehead atoms. The van der Waals surface area contributed by atoms with Crippen molar-refractivity contribution in [3.8, 4) is 0 Å². The normalized spacial score (nSPS) is 22.2. The molecule has 100 valence electrons. The zero-order chi connectivity index (χ0) is 13.1. The highest BCUT2D eigenvalue weighted by Gasteiger charge is 2.28. The first kappa shape index (κ1) is 13.5. The second kappa shape index (κ2) is 5.82. The van der Waals surface area contributed by atoms with Crippen molar-refractivity contribution < 1.29 is 4.79 Å². The van der Waals surface area contributed by atoms with Gasteiger partial charge < -0.3 is 15.5 Å². The van der Waals surface area contributed by atoms with Gasteiger partial charge in [0.15, 0.2) is 0 Å². The number of nitrogens with two attached hydrogens (primary N) is 1. The third-order valence-electron chi connectivity index (χ3n) is 3.55. The summed E-state index contributed by atoms with van der Waals surface area (Å²) in [5, 5.41) is 1.96. The maximum absolute atomic E-state index is 12.4. The van der Waals surface area contributed by atoms with Gasteiger partial charge in [0.2, 0.25) is 5.91 Å². The Hall–Kier alpha value is -0.910. The van der Waals surface area contributed by atoms with E-state index in [0.717, 1.165) is 30.8 Å². The zero-order valence-corrected chi connectivity index (χ0v) is 11.8. The average molecular weight is 267 g/mol. The number of carbonyl (C=O) groups is 1. The van der Waals surface area contributed by atoms with Crippen LogP contribution < -0.4 is 5.73 Å². The van der Waals surface area contributed by atoms with Gasteiger partial charge in [-0.1, -0.05) is 6.07 Å². The second-order valence-corrected chi connectivity index (χ2v) is 6.02. The van der Waals surface area contributed by atoms with Gasteiger partial charge in [0.25, 0.3) is 0 Å². The van der Waals surface area contributed by atoms with E-state index in [0.29, 0.717) is 6.04 Å². The quantitative estimate of drug-likeness (QED) is 0.898. The monoisotopic (exact) mass is 267 g/mol. The Labute approximate surface area is 112 Å². The number of likely N-dealkylation sites (tertiary alicyclic amines) is 1. The minimum atomic E-state index is -0.495. The summed E-state index contributed by atoms with van der Waals surface area (Å²) in [6.07, 6.45) is 2.22. The Balaban J connectivity index is 2.00. The van der Waals surface area contributed by atoms with Gasteiger partial charge in [-0.3, -0.25) is 4.79 Å². The third-order valence-corrected chi connectivity index (χ3v) is 4.51. The molecule has 2 atom stereocenters. The summed E-state index contributed by atoms with van der Waals surface area (Å²) in [6, 6.07) is 3.83. The fourth-order valence-electron chi connectivity index (χ4n) is 2.36. The van der Waals surface area contributed by atoms with Gasteiger partial charge >= 0.3 is 0 Å². The van der Waals surface area contributed by atoms with Crippen molar-refractivity contribution in [3.05, 3.63) is 22.4 Å². The molecule has 2 unspecified atom stereocenters. The highest BCUT2D eigenvalue weighted by Crippen LogP contribution is 2.21. The van der Waals surface area contributed by atoms with Gasteiger partial charge in [-0.25, -0.2) is 0 Å². The maximum atomic E-state index is 12.4. The predicted molar refractivity (Wildman–Crippen MR) is 74.5 cm³/mol. The van der Waals surface area contributed by atoms with Crippen LogP contribution in [0, 0.1) is 0 Å². The third kappa shape index (κ3) is 2.91. The molecule has 1 fully saturated rings. The molecule has 4 nitrogen and oxygen atoms in total. The molecule has 2 N–H and O–H groups in total. The average Bonchev–Trinajstić information content (AvgIpc) is 2.91. The Kier molecular flexibility index (Phi) is 4.37. The highest BCUT2D eigenvalue weighted by molar-refractivity contribution is 7.10. The number of piperidine rings is 1.